The zero-order chi connectivity index (χ0) is 19.7. The fourth-order valence-corrected chi connectivity index (χ4v) is 5.83. The maximum atomic E-state index is 14.1. The topological polar surface area (TPSA) is 46.5 Å². The normalized spacial score (nSPS) is 24.2. The third kappa shape index (κ3) is 4.01. The van der Waals surface area contributed by atoms with E-state index >= 15 is 0 Å². The number of halogens is 1. The van der Waals surface area contributed by atoms with Crippen LogP contribution in [0.15, 0.2) is 30.3 Å². The first-order valence-corrected chi connectivity index (χ1v) is 11.5. The second kappa shape index (κ2) is 7.96. The summed E-state index contributed by atoms with van der Waals surface area (Å²) >= 11 is 0. The molecule has 2 aliphatic rings. The predicted octanol–water partition coefficient (Wildman–Crippen LogP) is 4.40. The summed E-state index contributed by atoms with van der Waals surface area (Å²) in [4.78, 5) is 0. The van der Waals surface area contributed by atoms with E-state index in [2.05, 4.69) is 19.1 Å². The highest BCUT2D eigenvalue weighted by Crippen LogP contribution is 2.37. The van der Waals surface area contributed by atoms with Crippen molar-refractivity contribution in [2.45, 2.75) is 45.6 Å². The van der Waals surface area contributed by atoms with Gasteiger partial charge in [-0.2, -0.15) is 0 Å². The third-order valence-corrected chi connectivity index (χ3v) is 7.47. The predicted molar refractivity (Wildman–Crippen MR) is 110 cm³/mol. The van der Waals surface area contributed by atoms with Crippen LogP contribution in [-0.4, -0.2) is 27.4 Å². The minimum Gasteiger partial charge on any atom is -0.493 e. The van der Waals surface area contributed by atoms with E-state index in [-0.39, 0.29) is 17.8 Å². The third-order valence-electron chi connectivity index (χ3n) is 6.16. The number of hydrogen-bond acceptors (Lipinski definition) is 3. The molecule has 0 saturated carbocycles. The molecule has 3 nitrogen and oxygen atoms in total. The largest absolute Gasteiger partial charge is 0.493 e. The van der Waals surface area contributed by atoms with Crippen molar-refractivity contribution in [3.8, 4) is 16.9 Å². The standard InChI is InChI=1S/C23H27FO3S/c1-23(7-9-28(26)10-8-23)15-27-19-5-6-20-16(11-19)3-2-4-17-13-22(24)18(14-25)12-21(17)20/h5-6,11-13,25H,2-4,7-10,14-15H2,1H3. The lowest BCUT2D eigenvalue weighted by atomic mass is 9.85. The van der Waals surface area contributed by atoms with E-state index in [1.165, 1.54) is 5.56 Å². The molecule has 1 saturated heterocycles. The van der Waals surface area contributed by atoms with Crippen molar-refractivity contribution in [1.29, 1.82) is 0 Å². The highest BCUT2D eigenvalue weighted by molar-refractivity contribution is 7.85. The van der Waals surface area contributed by atoms with Gasteiger partial charge in [-0.05, 0) is 78.6 Å². The van der Waals surface area contributed by atoms with E-state index in [1.54, 1.807) is 12.1 Å². The van der Waals surface area contributed by atoms with Crippen LogP contribution in [0.2, 0.25) is 0 Å². The van der Waals surface area contributed by atoms with Crippen molar-refractivity contribution in [2.24, 2.45) is 5.41 Å². The molecule has 0 radical (unpaired) electrons. The second-order valence-electron chi connectivity index (χ2n) is 8.38. The fraction of sp³-hybridized carbons (Fsp3) is 0.478. The first kappa shape index (κ1) is 19.6. The number of aliphatic hydroxyl groups excluding tert-OH is 1. The average Bonchev–Trinajstić information content (AvgIpc) is 2.86. The molecule has 1 aliphatic heterocycles. The Balaban J connectivity index is 1.57. The van der Waals surface area contributed by atoms with Gasteiger partial charge in [0.1, 0.15) is 11.6 Å². The summed E-state index contributed by atoms with van der Waals surface area (Å²) in [5.41, 5.74) is 4.77. The zero-order valence-electron chi connectivity index (χ0n) is 16.3. The van der Waals surface area contributed by atoms with Crippen LogP contribution in [0.5, 0.6) is 5.75 Å². The molecule has 1 heterocycles. The van der Waals surface area contributed by atoms with Crippen molar-refractivity contribution in [3.63, 3.8) is 0 Å². The molecule has 0 spiro atoms. The quantitative estimate of drug-likeness (QED) is 0.824. The summed E-state index contributed by atoms with van der Waals surface area (Å²) in [7, 11) is -0.664. The molecule has 0 amide bonds. The van der Waals surface area contributed by atoms with Gasteiger partial charge in [-0.25, -0.2) is 4.39 Å². The van der Waals surface area contributed by atoms with Crippen molar-refractivity contribution < 1.29 is 18.4 Å². The van der Waals surface area contributed by atoms with Crippen molar-refractivity contribution >= 4 is 10.8 Å². The van der Waals surface area contributed by atoms with Crippen LogP contribution >= 0.6 is 0 Å². The monoisotopic (exact) mass is 402 g/mol. The van der Waals surface area contributed by atoms with E-state index in [0.29, 0.717) is 12.2 Å². The summed E-state index contributed by atoms with van der Waals surface area (Å²) in [6, 6.07) is 9.52. The summed E-state index contributed by atoms with van der Waals surface area (Å²) in [5, 5.41) is 9.44. The number of rotatable bonds is 4. The number of benzene rings is 2. The van der Waals surface area contributed by atoms with Crippen LogP contribution in [-0.2, 0) is 30.2 Å². The van der Waals surface area contributed by atoms with E-state index in [4.69, 9.17) is 4.74 Å². The summed E-state index contributed by atoms with van der Waals surface area (Å²) in [6.07, 6.45) is 4.59. The van der Waals surface area contributed by atoms with Crippen LogP contribution in [0.1, 0.15) is 42.9 Å². The molecule has 1 aliphatic carbocycles. The van der Waals surface area contributed by atoms with Gasteiger partial charge in [-0.1, -0.05) is 13.0 Å². The average molecular weight is 403 g/mol. The Bertz CT molecular complexity index is 899. The number of aryl methyl sites for hydroxylation is 2. The summed E-state index contributed by atoms with van der Waals surface area (Å²) < 4.78 is 31.8. The number of hydrogen-bond donors (Lipinski definition) is 1. The molecule has 2 aromatic carbocycles. The molecule has 0 unspecified atom stereocenters. The van der Waals surface area contributed by atoms with Crippen LogP contribution in [0.4, 0.5) is 4.39 Å². The maximum Gasteiger partial charge on any atom is 0.129 e. The Morgan fingerprint density at radius 3 is 2.54 bits per heavy atom. The van der Waals surface area contributed by atoms with Gasteiger partial charge in [0.05, 0.1) is 13.2 Å². The summed E-state index contributed by atoms with van der Waals surface area (Å²) in [6.45, 7) is 2.56. The lowest BCUT2D eigenvalue weighted by molar-refractivity contribution is 0.150. The Morgan fingerprint density at radius 1 is 1.11 bits per heavy atom. The van der Waals surface area contributed by atoms with Crippen molar-refractivity contribution in [2.75, 3.05) is 18.1 Å². The molecule has 0 aromatic heterocycles. The highest BCUT2D eigenvalue weighted by Gasteiger charge is 2.30. The molecular weight excluding hydrogens is 375 g/mol. The molecule has 2 aromatic rings. The van der Waals surface area contributed by atoms with Gasteiger partial charge in [-0.15, -0.1) is 0 Å². The van der Waals surface area contributed by atoms with Gasteiger partial charge in [0.15, 0.2) is 0 Å². The van der Waals surface area contributed by atoms with Crippen LogP contribution in [0.25, 0.3) is 11.1 Å². The molecule has 0 atom stereocenters. The SMILES string of the molecule is CC1(COc2ccc3c(c2)CCCc2cc(F)c(CO)cc2-3)CCS(=O)CC1. The molecule has 1 N–H and O–H groups in total. The number of fused-ring (bicyclic) bond motifs is 3. The van der Waals surface area contributed by atoms with Crippen molar-refractivity contribution in [1.82, 2.24) is 0 Å². The van der Waals surface area contributed by atoms with E-state index in [9.17, 15) is 13.7 Å². The van der Waals surface area contributed by atoms with E-state index in [0.717, 1.165) is 66.0 Å². The Hall–Kier alpha value is -1.72. The second-order valence-corrected chi connectivity index (χ2v) is 10.1. The molecule has 5 heteroatoms. The highest BCUT2D eigenvalue weighted by atomic mass is 32.2. The van der Waals surface area contributed by atoms with Crippen molar-refractivity contribution in [3.05, 3.63) is 52.8 Å². The first-order valence-electron chi connectivity index (χ1n) is 10.0. The Kier molecular flexibility index (Phi) is 5.57. The van der Waals surface area contributed by atoms with Crippen LogP contribution in [0.3, 0.4) is 0 Å². The zero-order valence-corrected chi connectivity index (χ0v) is 17.1. The van der Waals surface area contributed by atoms with Gasteiger partial charge in [0, 0.05) is 33.3 Å². The minimum absolute atomic E-state index is 0.0842. The van der Waals surface area contributed by atoms with Crippen LogP contribution < -0.4 is 4.74 Å². The number of aliphatic hydroxyl groups is 1. The van der Waals surface area contributed by atoms with E-state index in [1.807, 2.05) is 6.07 Å². The molecule has 28 heavy (non-hydrogen) atoms. The van der Waals surface area contributed by atoms with Crippen LogP contribution in [0, 0.1) is 11.2 Å². The minimum atomic E-state index is -0.664. The molecule has 4 rings (SSSR count). The lowest BCUT2D eigenvalue weighted by Crippen LogP contribution is -2.33. The summed E-state index contributed by atoms with van der Waals surface area (Å²) in [5.74, 6) is 2.07. The van der Waals surface area contributed by atoms with Gasteiger partial charge in [0.2, 0.25) is 0 Å². The van der Waals surface area contributed by atoms with E-state index < -0.39 is 10.8 Å². The Labute approximate surface area is 168 Å². The number of ether oxygens (including phenoxy) is 1. The smallest absolute Gasteiger partial charge is 0.129 e. The first-order chi connectivity index (χ1) is 13.5. The van der Waals surface area contributed by atoms with Gasteiger partial charge >= 0.3 is 0 Å². The Morgan fingerprint density at radius 2 is 1.82 bits per heavy atom. The maximum absolute atomic E-state index is 14.1. The lowest BCUT2D eigenvalue weighted by Gasteiger charge is -2.32. The van der Waals surface area contributed by atoms with Gasteiger partial charge in [-0.3, -0.25) is 4.21 Å². The molecular formula is C23H27FO3S. The molecule has 1 fully saturated rings. The van der Waals surface area contributed by atoms with Gasteiger partial charge < -0.3 is 9.84 Å². The van der Waals surface area contributed by atoms with Gasteiger partial charge in [0.25, 0.3) is 0 Å². The fourth-order valence-electron chi connectivity index (χ4n) is 4.19. The molecule has 0 bridgehead atoms. The molecule has 150 valence electrons.